The van der Waals surface area contributed by atoms with Gasteiger partial charge in [-0.1, -0.05) is 0 Å². The summed E-state index contributed by atoms with van der Waals surface area (Å²) in [6.45, 7) is 4.08. The van der Waals surface area contributed by atoms with Crippen LogP contribution < -0.4 is 9.47 Å². The third-order valence-corrected chi connectivity index (χ3v) is 5.61. The molecule has 2 aromatic carbocycles. The second kappa shape index (κ2) is 6.31. The zero-order valence-electron chi connectivity index (χ0n) is 12.7. The number of hydrogen-bond donors (Lipinski definition) is 0. The highest BCUT2D eigenvalue weighted by atomic mass is 79.9. The lowest BCUT2D eigenvalue weighted by atomic mass is 10.1. The van der Waals surface area contributed by atoms with Crippen molar-refractivity contribution in [2.24, 2.45) is 0 Å². The zero-order chi connectivity index (χ0) is 15.7. The summed E-state index contributed by atoms with van der Waals surface area (Å²) in [5.74, 6) is 1.78. The van der Waals surface area contributed by atoms with E-state index in [4.69, 9.17) is 9.47 Å². The Morgan fingerprint density at radius 2 is 1.68 bits per heavy atom. The molecule has 0 N–H and O–H groups in total. The molecule has 2 nitrogen and oxygen atoms in total. The number of methoxy groups -OCH3 is 1. The van der Waals surface area contributed by atoms with Crippen molar-refractivity contribution in [2.45, 2.75) is 20.0 Å². The molecule has 0 bridgehead atoms. The van der Waals surface area contributed by atoms with Crippen LogP contribution in [0, 0.1) is 0 Å². The van der Waals surface area contributed by atoms with Crippen LogP contribution in [-0.2, 0) is 0 Å². The molecule has 0 saturated carbocycles. The summed E-state index contributed by atoms with van der Waals surface area (Å²) in [7, 11) is 1.68. The Kier molecular flexibility index (Phi) is 4.41. The van der Waals surface area contributed by atoms with Gasteiger partial charge in [0.05, 0.1) is 13.2 Å². The Labute approximate surface area is 142 Å². The number of rotatable bonds is 4. The minimum atomic E-state index is 0.182. The van der Waals surface area contributed by atoms with E-state index in [-0.39, 0.29) is 6.10 Å². The monoisotopic (exact) mass is 376 g/mol. The van der Waals surface area contributed by atoms with Crippen LogP contribution in [0.1, 0.15) is 13.8 Å². The first kappa shape index (κ1) is 15.4. The first-order valence-electron chi connectivity index (χ1n) is 7.11. The smallest absolute Gasteiger partial charge is 0.121 e. The molecule has 0 amide bonds. The molecule has 0 spiro atoms. The average molecular weight is 377 g/mol. The van der Waals surface area contributed by atoms with Crippen molar-refractivity contribution in [3.63, 3.8) is 0 Å². The van der Waals surface area contributed by atoms with Gasteiger partial charge in [0, 0.05) is 19.4 Å². The van der Waals surface area contributed by atoms with Gasteiger partial charge in [-0.3, -0.25) is 0 Å². The highest BCUT2D eigenvalue weighted by Crippen LogP contribution is 2.43. The highest BCUT2D eigenvalue weighted by Gasteiger charge is 2.13. The van der Waals surface area contributed by atoms with Gasteiger partial charge in [-0.25, -0.2) is 0 Å². The predicted octanol–water partition coefficient (Wildman–Crippen LogP) is 6.13. The molecule has 114 valence electrons. The standard InChI is InChI=1S/C18H17BrO2S/c1-11(2)21-14-8-9-15-16(10-14)22-18(17(15)19)12-4-6-13(20-3)7-5-12/h4-11H,1-3H3. The number of thiophene rings is 1. The molecule has 4 heteroatoms. The van der Waals surface area contributed by atoms with Gasteiger partial charge in [0.2, 0.25) is 0 Å². The van der Waals surface area contributed by atoms with Crippen LogP contribution in [0.4, 0.5) is 0 Å². The topological polar surface area (TPSA) is 18.5 Å². The highest BCUT2D eigenvalue weighted by molar-refractivity contribution is 9.10. The van der Waals surface area contributed by atoms with Crippen LogP contribution in [0.2, 0.25) is 0 Å². The van der Waals surface area contributed by atoms with Crippen LogP contribution in [0.5, 0.6) is 11.5 Å². The lowest BCUT2D eigenvalue weighted by Gasteiger charge is -2.09. The van der Waals surface area contributed by atoms with Crippen LogP contribution in [-0.4, -0.2) is 13.2 Å². The lowest BCUT2D eigenvalue weighted by molar-refractivity contribution is 0.243. The molecule has 0 radical (unpaired) electrons. The maximum Gasteiger partial charge on any atom is 0.121 e. The molecule has 1 aromatic heterocycles. The van der Waals surface area contributed by atoms with E-state index in [1.807, 2.05) is 32.0 Å². The summed E-state index contributed by atoms with van der Waals surface area (Å²) in [6, 6.07) is 14.4. The average Bonchev–Trinajstić information content (AvgIpc) is 2.83. The fraction of sp³-hybridized carbons (Fsp3) is 0.222. The Balaban J connectivity index is 2.04. The van der Waals surface area contributed by atoms with Gasteiger partial charge in [0.15, 0.2) is 0 Å². The molecule has 0 aliphatic heterocycles. The first-order chi connectivity index (χ1) is 10.6. The number of benzene rings is 2. The summed E-state index contributed by atoms with van der Waals surface area (Å²) < 4.78 is 13.4. The zero-order valence-corrected chi connectivity index (χ0v) is 15.1. The number of fused-ring (bicyclic) bond motifs is 1. The van der Waals surface area contributed by atoms with Gasteiger partial charge in [0.25, 0.3) is 0 Å². The van der Waals surface area contributed by atoms with Crippen molar-refractivity contribution in [1.82, 2.24) is 0 Å². The molecule has 0 unspecified atom stereocenters. The van der Waals surface area contributed by atoms with Crippen molar-refractivity contribution in [2.75, 3.05) is 7.11 Å². The van der Waals surface area contributed by atoms with E-state index in [9.17, 15) is 0 Å². The normalized spacial score (nSPS) is 11.1. The molecule has 0 saturated heterocycles. The number of hydrogen-bond acceptors (Lipinski definition) is 3. The molecule has 0 aliphatic carbocycles. The Hall–Kier alpha value is -1.52. The van der Waals surface area contributed by atoms with E-state index in [0.29, 0.717) is 0 Å². The molecular formula is C18H17BrO2S. The summed E-state index contributed by atoms with van der Waals surface area (Å²) in [5, 5.41) is 1.21. The second-order valence-electron chi connectivity index (χ2n) is 5.30. The van der Waals surface area contributed by atoms with Gasteiger partial charge in [-0.15, -0.1) is 11.3 Å². The fourth-order valence-electron chi connectivity index (χ4n) is 2.32. The molecule has 0 atom stereocenters. The quantitative estimate of drug-likeness (QED) is 0.545. The lowest BCUT2D eigenvalue weighted by Crippen LogP contribution is -2.04. The van der Waals surface area contributed by atoms with Crippen molar-refractivity contribution >= 4 is 37.4 Å². The number of halogens is 1. The van der Waals surface area contributed by atoms with Crippen LogP contribution in [0.15, 0.2) is 46.9 Å². The predicted molar refractivity (Wildman–Crippen MR) is 97.3 cm³/mol. The van der Waals surface area contributed by atoms with Crippen LogP contribution >= 0.6 is 27.3 Å². The van der Waals surface area contributed by atoms with E-state index in [2.05, 4.69) is 40.2 Å². The van der Waals surface area contributed by atoms with Crippen molar-refractivity contribution in [1.29, 1.82) is 0 Å². The van der Waals surface area contributed by atoms with Gasteiger partial charge >= 0.3 is 0 Å². The van der Waals surface area contributed by atoms with Crippen molar-refractivity contribution in [3.8, 4) is 21.9 Å². The minimum Gasteiger partial charge on any atom is -0.497 e. The summed E-state index contributed by atoms with van der Waals surface area (Å²) in [5.41, 5.74) is 1.18. The van der Waals surface area contributed by atoms with Crippen molar-refractivity contribution in [3.05, 3.63) is 46.9 Å². The maximum atomic E-state index is 5.78. The second-order valence-corrected chi connectivity index (χ2v) is 7.14. The Bertz CT molecular complexity index is 791. The van der Waals surface area contributed by atoms with E-state index in [1.165, 1.54) is 20.5 Å². The van der Waals surface area contributed by atoms with E-state index >= 15 is 0 Å². The van der Waals surface area contributed by atoms with E-state index in [0.717, 1.165) is 16.0 Å². The Morgan fingerprint density at radius 1 is 1.00 bits per heavy atom. The Morgan fingerprint density at radius 3 is 2.32 bits per heavy atom. The fourth-order valence-corrected chi connectivity index (χ4v) is 4.40. The van der Waals surface area contributed by atoms with Gasteiger partial charge in [-0.05, 0) is 77.8 Å². The van der Waals surface area contributed by atoms with Crippen LogP contribution in [0.3, 0.4) is 0 Å². The van der Waals surface area contributed by atoms with E-state index in [1.54, 1.807) is 18.4 Å². The largest absolute Gasteiger partial charge is 0.497 e. The summed E-state index contributed by atoms with van der Waals surface area (Å²) >= 11 is 5.50. The third kappa shape index (κ3) is 2.99. The molecule has 3 rings (SSSR count). The van der Waals surface area contributed by atoms with Crippen LogP contribution in [0.25, 0.3) is 20.5 Å². The summed E-state index contributed by atoms with van der Waals surface area (Å²) in [6.07, 6.45) is 0.182. The van der Waals surface area contributed by atoms with Gasteiger partial charge in [0.1, 0.15) is 11.5 Å². The maximum absolute atomic E-state index is 5.78. The molecule has 22 heavy (non-hydrogen) atoms. The van der Waals surface area contributed by atoms with Gasteiger partial charge < -0.3 is 9.47 Å². The number of ether oxygens (including phenoxy) is 2. The molecule has 0 aliphatic rings. The third-order valence-electron chi connectivity index (χ3n) is 3.32. The minimum absolute atomic E-state index is 0.182. The first-order valence-corrected chi connectivity index (χ1v) is 8.72. The van der Waals surface area contributed by atoms with E-state index < -0.39 is 0 Å². The van der Waals surface area contributed by atoms with Crippen molar-refractivity contribution < 1.29 is 9.47 Å². The van der Waals surface area contributed by atoms with Gasteiger partial charge in [-0.2, -0.15) is 0 Å². The molecule has 1 heterocycles. The molecule has 0 fully saturated rings. The summed E-state index contributed by atoms with van der Waals surface area (Å²) in [4.78, 5) is 1.22. The molecule has 3 aromatic rings. The molecular weight excluding hydrogens is 360 g/mol. The SMILES string of the molecule is COc1ccc(-c2sc3cc(OC(C)C)ccc3c2Br)cc1.